The van der Waals surface area contributed by atoms with Gasteiger partial charge in [0.15, 0.2) is 11.5 Å². The summed E-state index contributed by atoms with van der Waals surface area (Å²) < 4.78 is 10.8. The molecule has 1 atom stereocenters. The lowest BCUT2D eigenvalue weighted by Gasteiger charge is -2.16. The third kappa shape index (κ3) is 6.26. The van der Waals surface area contributed by atoms with Crippen LogP contribution >= 0.6 is 15.9 Å². The van der Waals surface area contributed by atoms with E-state index in [9.17, 15) is 14.7 Å². The number of fused-ring (bicyclic) bond motifs is 1. The molecule has 174 valence electrons. The highest BCUT2D eigenvalue weighted by Crippen LogP contribution is 2.35. The highest BCUT2D eigenvalue weighted by molar-refractivity contribution is 9.10. The average molecular weight is 517 g/mol. The van der Waals surface area contributed by atoms with E-state index in [0.717, 1.165) is 16.5 Å². The number of aromatic hydroxyl groups is 1. The van der Waals surface area contributed by atoms with Gasteiger partial charge < -0.3 is 24.9 Å². The molecule has 0 radical (unpaired) electrons. The monoisotopic (exact) mass is 516 g/mol. The maximum absolute atomic E-state index is 12.8. The van der Waals surface area contributed by atoms with Crippen molar-refractivity contribution in [3.05, 3.63) is 58.2 Å². The number of rotatable bonds is 9. The average Bonchev–Trinajstić information content (AvgIpc) is 3.20. The molecular weight excluding hydrogens is 492 g/mol. The number of phenolic OH excluding ortho intramolecular Hbond substituents is 1. The molecule has 10 heteroatoms. The first-order valence-electron chi connectivity index (χ1n) is 10.4. The van der Waals surface area contributed by atoms with Crippen LogP contribution in [0.3, 0.4) is 0 Å². The van der Waals surface area contributed by atoms with E-state index in [2.05, 4.69) is 36.8 Å². The van der Waals surface area contributed by atoms with Crippen LogP contribution in [0.5, 0.6) is 11.5 Å². The minimum Gasteiger partial charge on any atom is -0.503 e. The number of alkyl carbamates (subject to hydrolysis) is 1. The zero-order valence-corrected chi connectivity index (χ0v) is 19.8. The van der Waals surface area contributed by atoms with Gasteiger partial charge in [0, 0.05) is 23.5 Å². The first-order valence-corrected chi connectivity index (χ1v) is 11.2. The molecule has 0 aliphatic rings. The minimum atomic E-state index is -0.911. The number of carbonyl (C=O) groups excluding carboxylic acids is 2. The Morgan fingerprint density at radius 1 is 1.24 bits per heavy atom. The van der Waals surface area contributed by atoms with Gasteiger partial charge in [-0.2, -0.15) is 5.10 Å². The van der Waals surface area contributed by atoms with Gasteiger partial charge in [0.2, 0.25) is 0 Å². The van der Waals surface area contributed by atoms with E-state index >= 15 is 0 Å². The molecule has 9 nitrogen and oxygen atoms in total. The summed E-state index contributed by atoms with van der Waals surface area (Å²) in [6.07, 6.45) is 2.77. The molecule has 0 bridgehead atoms. The van der Waals surface area contributed by atoms with Crippen LogP contribution in [-0.2, 0) is 16.0 Å². The molecule has 2 amide bonds. The highest BCUT2D eigenvalue weighted by Gasteiger charge is 2.23. The second-order valence-electron chi connectivity index (χ2n) is 7.00. The van der Waals surface area contributed by atoms with Crippen molar-refractivity contribution in [2.24, 2.45) is 5.10 Å². The number of phenols is 1. The van der Waals surface area contributed by atoms with Crippen LogP contribution in [0.1, 0.15) is 25.0 Å². The summed E-state index contributed by atoms with van der Waals surface area (Å²) in [5, 5.41) is 17.6. The number of hydrogen-bond acceptors (Lipinski definition) is 6. The SMILES string of the molecule is CCOC(=O)N[C@H](Cc1c[nH]c2ccccc12)C(=O)N/N=C\c1cc(Br)c(O)c(OCC)c1. The number of benzene rings is 2. The van der Waals surface area contributed by atoms with Gasteiger partial charge in [0.25, 0.3) is 5.91 Å². The van der Waals surface area contributed by atoms with E-state index < -0.39 is 18.0 Å². The Balaban J connectivity index is 1.75. The predicted octanol–water partition coefficient (Wildman–Crippen LogP) is 3.84. The minimum absolute atomic E-state index is 0.0181. The predicted molar refractivity (Wildman–Crippen MR) is 129 cm³/mol. The van der Waals surface area contributed by atoms with Crippen LogP contribution in [0, 0.1) is 0 Å². The number of para-hydroxylation sites is 1. The van der Waals surface area contributed by atoms with Gasteiger partial charge in [-0.25, -0.2) is 10.2 Å². The van der Waals surface area contributed by atoms with E-state index in [-0.39, 0.29) is 18.8 Å². The Morgan fingerprint density at radius 2 is 2.03 bits per heavy atom. The van der Waals surface area contributed by atoms with Gasteiger partial charge in [-0.15, -0.1) is 0 Å². The first kappa shape index (κ1) is 24.1. The van der Waals surface area contributed by atoms with Gasteiger partial charge in [-0.1, -0.05) is 18.2 Å². The van der Waals surface area contributed by atoms with Crippen molar-refractivity contribution in [2.75, 3.05) is 13.2 Å². The fraction of sp³-hybridized carbons (Fsp3) is 0.261. The first-order chi connectivity index (χ1) is 15.9. The van der Waals surface area contributed by atoms with Crippen molar-refractivity contribution in [3.8, 4) is 11.5 Å². The fourth-order valence-corrected chi connectivity index (χ4v) is 3.69. The summed E-state index contributed by atoms with van der Waals surface area (Å²) in [4.78, 5) is 28.0. The molecular formula is C23H25BrN4O5. The van der Waals surface area contributed by atoms with Crippen molar-refractivity contribution >= 4 is 45.0 Å². The number of H-pyrrole nitrogens is 1. The number of ether oxygens (including phenoxy) is 2. The number of nitrogens with zero attached hydrogens (tertiary/aromatic N) is 1. The Hall–Kier alpha value is -3.53. The van der Waals surface area contributed by atoms with E-state index in [0.29, 0.717) is 22.4 Å². The van der Waals surface area contributed by atoms with Gasteiger partial charge in [-0.05, 0) is 59.1 Å². The van der Waals surface area contributed by atoms with Crippen molar-refractivity contribution in [2.45, 2.75) is 26.3 Å². The Labute approximate surface area is 199 Å². The summed E-state index contributed by atoms with van der Waals surface area (Å²) in [6.45, 7) is 4.05. The number of hydrazone groups is 1. The lowest BCUT2D eigenvalue weighted by Crippen LogP contribution is -2.47. The summed E-state index contributed by atoms with van der Waals surface area (Å²) >= 11 is 3.26. The second-order valence-corrected chi connectivity index (χ2v) is 7.85. The summed E-state index contributed by atoms with van der Waals surface area (Å²) in [5.74, 6) is -0.233. The second kappa shape index (κ2) is 11.4. The van der Waals surface area contributed by atoms with Crippen LogP contribution in [0.4, 0.5) is 4.79 Å². The van der Waals surface area contributed by atoms with Crippen LogP contribution in [0.2, 0.25) is 0 Å². The number of halogens is 1. The number of aromatic amines is 1. The van der Waals surface area contributed by atoms with Gasteiger partial charge in [0.1, 0.15) is 6.04 Å². The lowest BCUT2D eigenvalue weighted by atomic mass is 10.0. The van der Waals surface area contributed by atoms with Crippen LogP contribution < -0.4 is 15.5 Å². The van der Waals surface area contributed by atoms with Gasteiger partial charge >= 0.3 is 6.09 Å². The van der Waals surface area contributed by atoms with Crippen LogP contribution in [0.15, 0.2) is 52.2 Å². The zero-order valence-electron chi connectivity index (χ0n) is 18.2. The van der Waals surface area contributed by atoms with Gasteiger partial charge in [0.05, 0.1) is 23.9 Å². The molecule has 4 N–H and O–H groups in total. The largest absolute Gasteiger partial charge is 0.503 e. The van der Waals surface area contributed by atoms with Crippen molar-refractivity contribution in [3.63, 3.8) is 0 Å². The Kier molecular flexibility index (Phi) is 8.31. The third-order valence-electron chi connectivity index (χ3n) is 4.72. The number of carbonyl (C=O) groups is 2. The summed E-state index contributed by atoms with van der Waals surface area (Å²) in [7, 11) is 0. The van der Waals surface area contributed by atoms with Crippen LogP contribution in [-0.4, -0.2) is 47.6 Å². The molecule has 0 spiro atoms. The molecule has 1 aromatic heterocycles. The number of nitrogens with one attached hydrogen (secondary N) is 3. The Morgan fingerprint density at radius 3 is 2.79 bits per heavy atom. The summed E-state index contributed by atoms with van der Waals surface area (Å²) in [6, 6.07) is 10.0. The van der Waals surface area contributed by atoms with Gasteiger partial charge in [-0.3, -0.25) is 4.79 Å². The number of hydrogen-bond donors (Lipinski definition) is 4. The molecule has 0 saturated heterocycles. The van der Waals surface area contributed by atoms with E-state index in [1.807, 2.05) is 30.5 Å². The quantitative estimate of drug-likeness (QED) is 0.254. The molecule has 0 unspecified atom stereocenters. The zero-order chi connectivity index (χ0) is 23.8. The standard InChI is InChI=1S/C23H25BrN4O5/c1-3-32-20-10-14(9-17(24)21(20)29)12-26-28-22(30)19(27-23(31)33-4-2)11-15-13-25-18-8-6-5-7-16(15)18/h5-10,12-13,19,25,29H,3-4,11H2,1-2H3,(H,27,31)(H,28,30)/b26-12-/t19-/m1/s1. The maximum Gasteiger partial charge on any atom is 0.407 e. The Bertz CT molecular complexity index is 1160. The molecule has 0 saturated carbocycles. The molecule has 0 fully saturated rings. The smallest absolute Gasteiger partial charge is 0.407 e. The third-order valence-corrected chi connectivity index (χ3v) is 5.33. The number of amides is 2. The topological polar surface area (TPSA) is 125 Å². The van der Waals surface area contributed by atoms with E-state index in [1.54, 1.807) is 26.0 Å². The molecule has 3 rings (SSSR count). The molecule has 33 heavy (non-hydrogen) atoms. The van der Waals surface area contributed by atoms with Crippen molar-refractivity contribution < 1.29 is 24.2 Å². The fourth-order valence-electron chi connectivity index (χ4n) is 3.23. The normalized spacial score (nSPS) is 12.0. The highest BCUT2D eigenvalue weighted by atomic mass is 79.9. The van der Waals surface area contributed by atoms with E-state index in [1.165, 1.54) is 6.21 Å². The molecule has 3 aromatic rings. The maximum atomic E-state index is 12.8. The molecule has 0 aliphatic carbocycles. The van der Waals surface area contributed by atoms with Crippen molar-refractivity contribution in [1.82, 2.24) is 15.7 Å². The van der Waals surface area contributed by atoms with E-state index in [4.69, 9.17) is 9.47 Å². The lowest BCUT2D eigenvalue weighted by molar-refractivity contribution is -0.123. The number of aromatic nitrogens is 1. The molecule has 2 aromatic carbocycles. The summed E-state index contributed by atoms with van der Waals surface area (Å²) in [5.41, 5.74) is 4.85. The van der Waals surface area contributed by atoms with Crippen LogP contribution in [0.25, 0.3) is 10.9 Å². The molecule has 0 aliphatic heterocycles. The van der Waals surface area contributed by atoms with Crippen molar-refractivity contribution in [1.29, 1.82) is 0 Å². The molecule has 1 heterocycles.